The van der Waals surface area contributed by atoms with Gasteiger partial charge in [-0.15, -0.1) is 0 Å². The molecule has 1 saturated carbocycles. The molecule has 4 aromatic carbocycles. The van der Waals surface area contributed by atoms with Gasteiger partial charge in [-0.05, 0) is 67.3 Å². The minimum Gasteiger partial charge on any atom is -0.241 e. The van der Waals surface area contributed by atoms with E-state index in [1.54, 1.807) is 72.8 Å². The molecule has 1 aliphatic rings. The minimum atomic E-state index is -1.84. The summed E-state index contributed by atoms with van der Waals surface area (Å²) in [7, 11) is -3.68. The number of nitrogens with zero attached hydrogens (tertiary/aromatic N) is 1. The standard InChI is InChI=1S/C31H29F4NP2/c1-22-12-2-7-17-27(22)36(37(28-18-8-3-13-23(28)32)29-19-9-4-14-24(29)33)38(30-20-10-5-15-25(30)34)31-21-11-6-16-26(31)35/h3-6,8-11,13-16,18-22,27H,2,7,12,17H2,1H3. The van der Waals surface area contributed by atoms with Crippen molar-refractivity contribution in [2.45, 2.75) is 38.6 Å². The Labute approximate surface area is 224 Å². The Morgan fingerprint density at radius 3 is 1.16 bits per heavy atom. The number of halogens is 4. The Hall–Kier alpha value is -2.58. The van der Waals surface area contributed by atoms with Gasteiger partial charge in [0, 0.05) is 43.4 Å². The van der Waals surface area contributed by atoms with Crippen molar-refractivity contribution in [3.05, 3.63) is 120 Å². The molecule has 1 fully saturated rings. The van der Waals surface area contributed by atoms with E-state index in [9.17, 15) is 0 Å². The monoisotopic (exact) mass is 553 g/mol. The van der Waals surface area contributed by atoms with Gasteiger partial charge in [0.05, 0.1) is 0 Å². The van der Waals surface area contributed by atoms with E-state index in [2.05, 4.69) is 11.4 Å². The van der Waals surface area contributed by atoms with Crippen molar-refractivity contribution in [3.63, 3.8) is 0 Å². The first kappa shape index (κ1) is 27.0. The molecule has 0 heterocycles. The average Bonchev–Trinajstić information content (AvgIpc) is 2.92. The second-order valence-corrected chi connectivity index (χ2v) is 13.9. The molecule has 2 atom stereocenters. The van der Waals surface area contributed by atoms with Gasteiger partial charge in [0.2, 0.25) is 0 Å². The van der Waals surface area contributed by atoms with Crippen LogP contribution in [0.2, 0.25) is 0 Å². The van der Waals surface area contributed by atoms with Crippen LogP contribution in [0.3, 0.4) is 0 Å². The van der Waals surface area contributed by atoms with Crippen LogP contribution in [0.5, 0.6) is 0 Å². The number of benzene rings is 4. The highest BCUT2D eigenvalue weighted by Gasteiger charge is 2.42. The zero-order chi connectivity index (χ0) is 26.6. The number of hydrogen-bond acceptors (Lipinski definition) is 1. The third-order valence-corrected chi connectivity index (χ3v) is 12.9. The first-order valence-electron chi connectivity index (χ1n) is 12.8. The third-order valence-electron chi connectivity index (χ3n) is 7.10. The van der Waals surface area contributed by atoms with Crippen LogP contribution in [0.25, 0.3) is 0 Å². The Balaban J connectivity index is 1.85. The van der Waals surface area contributed by atoms with Crippen LogP contribution in [0.1, 0.15) is 32.6 Å². The van der Waals surface area contributed by atoms with Gasteiger partial charge in [0.25, 0.3) is 0 Å². The van der Waals surface area contributed by atoms with Crippen molar-refractivity contribution in [3.8, 4) is 0 Å². The Morgan fingerprint density at radius 2 is 0.842 bits per heavy atom. The molecule has 7 heteroatoms. The van der Waals surface area contributed by atoms with Gasteiger partial charge in [-0.3, -0.25) is 0 Å². The molecule has 0 bridgehead atoms. The Kier molecular flexibility index (Phi) is 8.58. The summed E-state index contributed by atoms with van der Waals surface area (Å²) in [5.74, 6) is -1.63. The molecule has 0 spiro atoms. The van der Waals surface area contributed by atoms with Crippen molar-refractivity contribution in [1.29, 1.82) is 0 Å². The summed E-state index contributed by atoms with van der Waals surface area (Å²) in [6, 6.07) is 25.5. The third kappa shape index (κ3) is 5.43. The summed E-state index contributed by atoms with van der Waals surface area (Å²) in [6.07, 6.45) is 3.72. The SMILES string of the molecule is CC1CCCCC1N(P(c1ccccc1F)c1ccccc1F)P(c1ccccc1F)c1ccccc1F. The largest absolute Gasteiger partial charge is 0.241 e. The summed E-state index contributed by atoms with van der Waals surface area (Å²) in [4.78, 5) is 0. The zero-order valence-electron chi connectivity index (χ0n) is 21.1. The molecule has 1 aliphatic carbocycles. The van der Waals surface area contributed by atoms with Gasteiger partial charge in [-0.2, -0.15) is 0 Å². The second-order valence-electron chi connectivity index (χ2n) is 9.58. The van der Waals surface area contributed by atoms with E-state index in [4.69, 9.17) is 0 Å². The van der Waals surface area contributed by atoms with Crippen molar-refractivity contribution < 1.29 is 17.6 Å². The van der Waals surface area contributed by atoms with E-state index >= 15 is 17.6 Å². The van der Waals surface area contributed by atoms with Gasteiger partial charge >= 0.3 is 0 Å². The van der Waals surface area contributed by atoms with Gasteiger partial charge in [0.1, 0.15) is 23.3 Å². The summed E-state index contributed by atoms with van der Waals surface area (Å²) in [5.41, 5.74) is 0. The lowest BCUT2D eigenvalue weighted by Gasteiger charge is -2.47. The first-order chi connectivity index (χ1) is 18.5. The summed E-state index contributed by atoms with van der Waals surface area (Å²) < 4.78 is 64.7. The molecule has 0 aliphatic heterocycles. The predicted molar refractivity (Wildman–Crippen MR) is 151 cm³/mol. The van der Waals surface area contributed by atoms with Crippen molar-refractivity contribution in [1.82, 2.24) is 4.44 Å². The number of hydrogen-bond donors (Lipinski definition) is 0. The van der Waals surface area contributed by atoms with E-state index in [1.165, 1.54) is 24.3 Å². The highest BCUT2D eigenvalue weighted by molar-refractivity contribution is 7.84. The van der Waals surface area contributed by atoms with Gasteiger partial charge in [-0.1, -0.05) is 68.3 Å². The first-order valence-corrected chi connectivity index (χ1v) is 15.4. The summed E-state index contributed by atoms with van der Waals surface area (Å²) >= 11 is 0. The predicted octanol–water partition coefficient (Wildman–Crippen LogP) is 7.52. The molecule has 0 N–H and O–H groups in total. The smallest absolute Gasteiger partial charge is 0.132 e. The van der Waals surface area contributed by atoms with Crippen molar-refractivity contribution in [2.24, 2.45) is 5.92 Å². The summed E-state index contributed by atoms with van der Waals surface area (Å²) in [6.45, 7) is 2.14. The maximum atomic E-state index is 15.6. The van der Waals surface area contributed by atoms with Crippen LogP contribution in [-0.2, 0) is 0 Å². The molecule has 4 aromatic rings. The van der Waals surface area contributed by atoms with Crippen LogP contribution in [0.15, 0.2) is 97.1 Å². The fourth-order valence-electron chi connectivity index (χ4n) is 5.22. The lowest BCUT2D eigenvalue weighted by atomic mass is 9.87. The van der Waals surface area contributed by atoms with Crippen molar-refractivity contribution >= 4 is 37.4 Å². The minimum absolute atomic E-state index is 0.126. The molecule has 38 heavy (non-hydrogen) atoms. The van der Waals surface area contributed by atoms with E-state index in [1.807, 2.05) is 0 Å². The molecule has 5 rings (SSSR count). The molecule has 0 saturated heterocycles. The zero-order valence-corrected chi connectivity index (χ0v) is 22.9. The van der Waals surface area contributed by atoms with E-state index in [0.717, 1.165) is 25.7 Å². The summed E-state index contributed by atoms with van der Waals surface area (Å²) in [5, 5.41) is 1.41. The molecule has 0 aromatic heterocycles. The number of rotatable bonds is 7. The molecule has 2 unspecified atom stereocenters. The highest BCUT2D eigenvalue weighted by Crippen LogP contribution is 2.59. The van der Waals surface area contributed by atoms with Gasteiger partial charge < -0.3 is 0 Å². The van der Waals surface area contributed by atoms with E-state index in [-0.39, 0.29) is 12.0 Å². The van der Waals surface area contributed by atoms with Gasteiger partial charge in [0.15, 0.2) is 0 Å². The molecule has 1 nitrogen and oxygen atoms in total. The molecular formula is C31H29F4NP2. The van der Waals surface area contributed by atoms with E-state index < -0.39 is 39.4 Å². The second kappa shape index (κ2) is 12.1. The molecule has 196 valence electrons. The van der Waals surface area contributed by atoms with E-state index in [0.29, 0.717) is 21.2 Å². The maximum absolute atomic E-state index is 15.6. The Bertz CT molecular complexity index is 1210. The molecule has 0 amide bonds. The normalized spacial score (nSPS) is 17.9. The fourth-order valence-corrected chi connectivity index (χ4v) is 11.8. The lowest BCUT2D eigenvalue weighted by molar-refractivity contribution is 0.262. The fraction of sp³-hybridized carbons (Fsp3) is 0.226. The van der Waals surface area contributed by atoms with Crippen LogP contribution >= 0.6 is 16.1 Å². The quantitative estimate of drug-likeness (QED) is 0.169. The van der Waals surface area contributed by atoms with Crippen LogP contribution in [-0.4, -0.2) is 10.5 Å². The average molecular weight is 554 g/mol. The van der Waals surface area contributed by atoms with Crippen LogP contribution in [0, 0.1) is 29.2 Å². The lowest BCUT2D eigenvalue weighted by Crippen LogP contribution is -2.44. The molecule has 0 radical (unpaired) electrons. The maximum Gasteiger partial charge on any atom is 0.132 e. The van der Waals surface area contributed by atoms with Crippen LogP contribution < -0.4 is 21.2 Å². The topological polar surface area (TPSA) is 3.24 Å². The highest BCUT2D eigenvalue weighted by atomic mass is 31.2. The van der Waals surface area contributed by atoms with Gasteiger partial charge in [-0.25, -0.2) is 22.0 Å². The molecular weight excluding hydrogens is 524 g/mol. The Morgan fingerprint density at radius 1 is 0.526 bits per heavy atom. The van der Waals surface area contributed by atoms with Crippen molar-refractivity contribution in [2.75, 3.05) is 0 Å². The van der Waals surface area contributed by atoms with Crippen LogP contribution in [0.4, 0.5) is 17.6 Å².